The quantitative estimate of drug-likeness (QED) is 0.0268. The number of alkyl carbamates (subject to hydrolysis) is 1. The van der Waals surface area contributed by atoms with Gasteiger partial charge in [0.05, 0.1) is 32.7 Å². The molecule has 90 heavy (non-hydrogen) atoms. The van der Waals surface area contributed by atoms with Gasteiger partial charge in [-0.3, -0.25) is 53.2 Å². The first kappa shape index (κ1) is 70.5. The lowest BCUT2D eigenvalue weighted by molar-refractivity contribution is -0.147. The molecule has 1 fully saturated rings. The molecule has 0 bridgehead atoms. The fraction of sp³-hybridized carbons (Fsp3) is 0.542. The number of benzene rings is 1. The van der Waals surface area contributed by atoms with Gasteiger partial charge in [-0.05, 0) is 81.7 Å². The van der Waals surface area contributed by atoms with Crippen molar-refractivity contribution in [2.75, 3.05) is 58.3 Å². The Bertz CT molecular complexity index is 3750. The number of hydrogen-bond donors (Lipinski definition) is 5. The summed E-state index contributed by atoms with van der Waals surface area (Å²) in [5.74, 6) is 3.02. The van der Waals surface area contributed by atoms with E-state index in [2.05, 4.69) is 120 Å². The minimum absolute atomic E-state index is 0.0375. The number of aromatic nitrogens is 8. The molecule has 4 aromatic heterocycles. The molecule has 5 aromatic rings. The van der Waals surface area contributed by atoms with E-state index in [9.17, 15) is 47.9 Å². The van der Waals surface area contributed by atoms with Crippen LogP contribution in [0.2, 0.25) is 36.3 Å². The molecule has 0 saturated carbocycles. The highest BCUT2D eigenvalue weighted by molar-refractivity contribution is 6.74. The second-order valence-corrected chi connectivity index (χ2v) is 35.2. The first-order valence-corrected chi connectivity index (χ1v) is 35.0. The number of rotatable bonds is 23. The second-order valence-electron chi connectivity index (χ2n) is 25.7. The number of fused-ring (bicyclic) bond motifs is 1. The highest BCUT2D eigenvalue weighted by atomic mass is 28.4. The van der Waals surface area contributed by atoms with Crippen LogP contribution in [0.25, 0.3) is 11.2 Å². The molecular formula is C59H83N13O16Si2. The maximum absolute atomic E-state index is 13.8. The standard InChI is InChI=1S/C59H83N13O16Si2/c1-37-27-70(53(79)66-51(37)77)30-44(74)68(25-23-61-55(81)87-57(2,3)4)29-43(73)60-22-24-69(32-47(76)83-11)45(75)31-71-36-64-48-49(62-35-63-50(48)71)65-56(82)84-33-39-18-16-38(17-19-39)20-21-40-28-72(54(80)67-52(40)78)46-26-41(88-90(14,15)59(8,9)10)42(86-46)34-85-89(12,13)58(5,6)7/h16-19,27-28,35-36,41-42,46H,22-26,29-34H2,1-15H3,(H,60,73)(H,61,81)(H,66,77,79)(H,67,78,80)(H,62,63,65,82)/t41?,42-,46-/m1/s1. The third-order valence-electron chi connectivity index (χ3n) is 15.6. The third-order valence-corrected chi connectivity index (χ3v) is 24.6. The lowest BCUT2D eigenvalue weighted by atomic mass is 10.1. The van der Waals surface area contributed by atoms with Crippen molar-refractivity contribution in [1.29, 1.82) is 0 Å². The number of carbonyl (C=O) groups is 6. The summed E-state index contributed by atoms with van der Waals surface area (Å²) >= 11 is 0. The molecule has 0 radical (unpaired) electrons. The van der Waals surface area contributed by atoms with E-state index in [1.165, 1.54) is 34.8 Å². The zero-order valence-corrected chi connectivity index (χ0v) is 55.7. The Morgan fingerprint density at radius 3 is 2.01 bits per heavy atom. The van der Waals surface area contributed by atoms with Gasteiger partial charge in [-0.25, -0.2) is 34.1 Å². The van der Waals surface area contributed by atoms with Crippen molar-refractivity contribution in [3.8, 4) is 11.8 Å². The molecule has 6 rings (SSSR count). The average molecular weight is 1290 g/mol. The van der Waals surface area contributed by atoms with Crippen LogP contribution < -0.4 is 38.4 Å². The first-order chi connectivity index (χ1) is 41.9. The Hall–Kier alpha value is -8.58. The number of ether oxygens (including phenoxy) is 4. The van der Waals surface area contributed by atoms with Crippen LogP contribution >= 0.6 is 0 Å². The summed E-state index contributed by atoms with van der Waals surface area (Å²) in [5, 5.41) is 7.54. The zero-order chi connectivity index (χ0) is 66.7. The summed E-state index contributed by atoms with van der Waals surface area (Å²) in [6, 6.07) is 6.72. The predicted octanol–water partition coefficient (Wildman–Crippen LogP) is 3.85. The van der Waals surface area contributed by atoms with Crippen molar-refractivity contribution in [3.05, 3.63) is 113 Å². The normalized spacial score (nSPS) is 15.3. The number of esters is 1. The second kappa shape index (κ2) is 29.4. The fourth-order valence-corrected chi connectivity index (χ4v) is 10.8. The maximum atomic E-state index is 13.8. The van der Waals surface area contributed by atoms with Gasteiger partial charge in [-0.1, -0.05) is 65.5 Å². The van der Waals surface area contributed by atoms with E-state index in [-0.39, 0.29) is 77.1 Å². The number of methoxy groups -OCH3 is 1. The minimum atomic E-state index is -2.29. The summed E-state index contributed by atoms with van der Waals surface area (Å²) in [6.45, 7) is 25.4. The number of anilines is 1. The lowest BCUT2D eigenvalue weighted by Crippen LogP contribution is -2.48. The number of aromatic amines is 2. The Labute approximate surface area is 522 Å². The average Bonchev–Trinajstić information content (AvgIpc) is 1.72. The van der Waals surface area contributed by atoms with Crippen LogP contribution in [0.4, 0.5) is 15.4 Å². The van der Waals surface area contributed by atoms with Crippen molar-refractivity contribution in [1.82, 2.24) is 59.1 Å². The van der Waals surface area contributed by atoms with Crippen molar-refractivity contribution >= 4 is 69.5 Å². The molecule has 0 spiro atoms. The number of nitrogens with zero attached hydrogens (tertiary/aromatic N) is 8. The summed E-state index contributed by atoms with van der Waals surface area (Å²) in [5.41, 5.74) is -2.05. The van der Waals surface area contributed by atoms with Crippen LogP contribution in [0.3, 0.4) is 0 Å². The monoisotopic (exact) mass is 1290 g/mol. The van der Waals surface area contributed by atoms with Crippen LogP contribution in [-0.2, 0) is 66.7 Å². The van der Waals surface area contributed by atoms with E-state index in [1.807, 2.05) is 0 Å². The number of nitrogens with one attached hydrogen (secondary N) is 5. The molecular weight excluding hydrogens is 1200 g/mol. The summed E-state index contributed by atoms with van der Waals surface area (Å²) in [4.78, 5) is 149. The minimum Gasteiger partial charge on any atom is -0.468 e. The number of imidazole rings is 1. The number of H-pyrrole nitrogens is 2. The van der Waals surface area contributed by atoms with E-state index in [4.69, 9.17) is 27.8 Å². The Kier molecular flexibility index (Phi) is 23.0. The zero-order valence-electron chi connectivity index (χ0n) is 53.7. The smallest absolute Gasteiger partial charge is 0.413 e. The van der Waals surface area contributed by atoms with Crippen LogP contribution in [-0.4, -0.2) is 172 Å². The maximum Gasteiger partial charge on any atom is 0.413 e. The van der Waals surface area contributed by atoms with E-state index in [1.54, 1.807) is 45.0 Å². The molecule has 5 N–H and O–H groups in total. The molecule has 29 nitrogen and oxygen atoms in total. The largest absolute Gasteiger partial charge is 0.468 e. The number of carbonyl (C=O) groups excluding carboxylic acids is 6. The van der Waals surface area contributed by atoms with Gasteiger partial charge in [-0.2, -0.15) is 0 Å². The van der Waals surface area contributed by atoms with Gasteiger partial charge in [0, 0.05) is 56.1 Å². The van der Waals surface area contributed by atoms with Crippen molar-refractivity contribution in [2.24, 2.45) is 0 Å². The lowest BCUT2D eigenvalue weighted by Gasteiger charge is -2.40. The Morgan fingerprint density at radius 1 is 0.756 bits per heavy atom. The first-order valence-electron chi connectivity index (χ1n) is 29.1. The van der Waals surface area contributed by atoms with Crippen LogP contribution in [0.15, 0.2) is 68.5 Å². The predicted molar refractivity (Wildman–Crippen MR) is 335 cm³/mol. The summed E-state index contributed by atoms with van der Waals surface area (Å²) in [6.07, 6.45) is 2.15. The van der Waals surface area contributed by atoms with Crippen molar-refractivity contribution < 1.29 is 56.6 Å². The molecule has 5 heterocycles. The van der Waals surface area contributed by atoms with E-state index in [0.29, 0.717) is 24.2 Å². The molecule has 1 aliphatic rings. The topological polar surface area (TPSA) is 354 Å². The molecule has 5 amide bonds. The molecule has 31 heteroatoms. The fourth-order valence-electron chi connectivity index (χ4n) is 8.39. The molecule has 1 aliphatic heterocycles. The Balaban J connectivity index is 1.05. The van der Waals surface area contributed by atoms with E-state index < -0.39 is 119 Å². The molecule has 1 saturated heterocycles. The van der Waals surface area contributed by atoms with Gasteiger partial charge in [0.25, 0.3) is 11.1 Å². The molecule has 1 unspecified atom stereocenters. The van der Waals surface area contributed by atoms with Crippen molar-refractivity contribution in [3.63, 3.8) is 0 Å². The third kappa shape index (κ3) is 19.5. The SMILES string of the molecule is COC(=O)CN(CCNC(=O)CN(CCNC(=O)OC(C)(C)C)C(=O)Cn1cc(C)c(=O)[nH]c1=O)C(=O)Cn1cnc2c(NC(=O)OCc3ccc(C#Cc4cn([C@H]5CC(O[Si](C)(C)C(C)(C)C)[C@@H](CO[Si](C)(C)C(C)(C)C)O5)c(=O)[nH]c4=O)cc3)ncnc21. The van der Waals surface area contributed by atoms with Crippen LogP contribution in [0.1, 0.15) is 97.2 Å². The molecule has 0 aliphatic carbocycles. The van der Waals surface area contributed by atoms with Gasteiger partial charge in [0.15, 0.2) is 33.6 Å². The highest BCUT2D eigenvalue weighted by Gasteiger charge is 2.47. The summed E-state index contributed by atoms with van der Waals surface area (Å²) in [7, 11) is -3.32. The molecule has 1 aromatic carbocycles. The molecule has 488 valence electrons. The van der Waals surface area contributed by atoms with Gasteiger partial charge in [-0.15, -0.1) is 0 Å². The number of aryl methyl sites for hydroxylation is 1. The van der Waals surface area contributed by atoms with Crippen LogP contribution in [0, 0.1) is 18.8 Å². The number of hydrogen-bond acceptors (Lipinski definition) is 19. The van der Waals surface area contributed by atoms with E-state index >= 15 is 0 Å². The molecule has 3 atom stereocenters. The van der Waals surface area contributed by atoms with E-state index in [0.717, 1.165) is 27.8 Å². The number of amides is 5. The Morgan fingerprint density at radius 2 is 1.38 bits per heavy atom. The van der Waals surface area contributed by atoms with Gasteiger partial charge in [0.2, 0.25) is 17.7 Å². The highest BCUT2D eigenvalue weighted by Crippen LogP contribution is 2.42. The van der Waals surface area contributed by atoms with Crippen LogP contribution in [0.5, 0.6) is 0 Å². The van der Waals surface area contributed by atoms with Gasteiger partial charge >= 0.3 is 29.5 Å². The summed E-state index contributed by atoms with van der Waals surface area (Å²) < 4.78 is 39.2. The van der Waals surface area contributed by atoms with Gasteiger partial charge in [0.1, 0.15) is 56.1 Å². The van der Waals surface area contributed by atoms with Gasteiger partial charge < -0.3 is 52.8 Å². The van der Waals surface area contributed by atoms with Crippen molar-refractivity contribution in [2.45, 2.75) is 156 Å².